The highest BCUT2D eigenvalue weighted by Gasteiger charge is 2.17. The molecule has 1 aromatic heterocycles. The first kappa shape index (κ1) is 19.0. The molecule has 0 atom stereocenters. The van der Waals surface area contributed by atoms with Crippen molar-refractivity contribution in [2.24, 2.45) is 0 Å². The van der Waals surface area contributed by atoms with Crippen molar-refractivity contribution in [3.63, 3.8) is 0 Å². The third-order valence-electron chi connectivity index (χ3n) is 3.33. The summed E-state index contributed by atoms with van der Waals surface area (Å²) in [5, 5.41) is 5.96. The van der Waals surface area contributed by atoms with E-state index in [1.807, 2.05) is 12.1 Å². The molecule has 6 nitrogen and oxygen atoms in total. The Bertz CT molecular complexity index is 785. The Labute approximate surface area is 155 Å². The number of thiocarbonyl (C=S) groups is 1. The maximum absolute atomic E-state index is 12.2. The average molecular weight is 377 g/mol. The highest BCUT2D eigenvalue weighted by atomic mass is 32.1. The summed E-state index contributed by atoms with van der Waals surface area (Å²) < 4.78 is 4.97. The summed E-state index contributed by atoms with van der Waals surface area (Å²) in [5.41, 5.74) is 2.22. The van der Waals surface area contributed by atoms with Crippen molar-refractivity contribution in [1.82, 2.24) is 10.3 Å². The van der Waals surface area contributed by atoms with Crippen LogP contribution in [0.5, 0.6) is 0 Å². The number of nitrogens with one attached hydrogen (secondary N) is 2. The quantitative estimate of drug-likeness (QED) is 0.615. The second-order valence-corrected chi connectivity index (χ2v) is 6.52. The number of carbonyl (C=O) groups excluding carboxylic acids is 2. The van der Waals surface area contributed by atoms with Crippen molar-refractivity contribution in [2.45, 2.75) is 27.2 Å². The van der Waals surface area contributed by atoms with Crippen molar-refractivity contribution in [2.75, 3.05) is 11.9 Å². The molecule has 0 bridgehead atoms. The zero-order valence-corrected chi connectivity index (χ0v) is 15.8. The number of carbonyl (C=O) groups is 2. The van der Waals surface area contributed by atoms with Crippen LogP contribution in [-0.2, 0) is 11.2 Å². The van der Waals surface area contributed by atoms with Gasteiger partial charge >= 0.3 is 5.97 Å². The number of nitrogens with zero attached hydrogens (tertiary/aromatic N) is 1. The molecule has 0 saturated heterocycles. The van der Waals surface area contributed by atoms with Gasteiger partial charge in [0.25, 0.3) is 5.91 Å². The van der Waals surface area contributed by atoms with E-state index >= 15 is 0 Å². The number of rotatable bonds is 5. The molecule has 25 heavy (non-hydrogen) atoms. The second kappa shape index (κ2) is 8.68. The molecule has 2 rings (SSSR count). The lowest BCUT2D eigenvalue weighted by Crippen LogP contribution is -2.34. The van der Waals surface area contributed by atoms with E-state index in [1.165, 1.54) is 0 Å². The fourth-order valence-corrected chi connectivity index (χ4v) is 3.15. The van der Waals surface area contributed by atoms with Crippen LogP contribution in [0, 0.1) is 6.92 Å². The first-order valence-corrected chi connectivity index (χ1v) is 9.02. The minimum absolute atomic E-state index is 0.119. The van der Waals surface area contributed by atoms with Gasteiger partial charge in [0.15, 0.2) is 10.2 Å². The van der Waals surface area contributed by atoms with Crippen LogP contribution in [0.15, 0.2) is 24.3 Å². The Morgan fingerprint density at radius 1 is 1.24 bits per heavy atom. The van der Waals surface area contributed by atoms with Crippen LogP contribution in [0.2, 0.25) is 0 Å². The largest absolute Gasteiger partial charge is 0.462 e. The van der Waals surface area contributed by atoms with Gasteiger partial charge in [-0.25, -0.2) is 9.78 Å². The van der Waals surface area contributed by atoms with E-state index in [2.05, 4.69) is 22.5 Å². The SMILES string of the molecule is CCOC(=O)c1sc(NC(=S)NC(=O)c2ccc(CC)cc2)nc1C. The van der Waals surface area contributed by atoms with E-state index < -0.39 is 5.97 Å². The minimum atomic E-state index is -0.420. The lowest BCUT2D eigenvalue weighted by Gasteiger charge is -2.07. The van der Waals surface area contributed by atoms with Crippen molar-refractivity contribution in [1.29, 1.82) is 0 Å². The van der Waals surface area contributed by atoms with Crippen molar-refractivity contribution >= 4 is 45.7 Å². The fraction of sp³-hybridized carbons (Fsp3) is 0.294. The second-order valence-electron chi connectivity index (χ2n) is 5.11. The van der Waals surface area contributed by atoms with Crippen molar-refractivity contribution in [3.8, 4) is 0 Å². The van der Waals surface area contributed by atoms with Crippen molar-refractivity contribution in [3.05, 3.63) is 46.0 Å². The van der Waals surface area contributed by atoms with E-state index in [0.29, 0.717) is 27.9 Å². The fourth-order valence-electron chi connectivity index (χ4n) is 2.03. The van der Waals surface area contributed by atoms with Gasteiger partial charge in [-0.15, -0.1) is 0 Å². The Morgan fingerprint density at radius 2 is 1.92 bits per heavy atom. The third-order valence-corrected chi connectivity index (χ3v) is 4.59. The molecule has 1 amide bonds. The zero-order valence-electron chi connectivity index (χ0n) is 14.2. The summed E-state index contributed by atoms with van der Waals surface area (Å²) in [6.45, 7) is 5.80. The molecule has 8 heteroatoms. The number of amides is 1. The average Bonchev–Trinajstić information content (AvgIpc) is 2.95. The Balaban J connectivity index is 1.98. The Hall–Kier alpha value is -2.32. The van der Waals surface area contributed by atoms with Gasteiger partial charge in [-0.2, -0.15) is 0 Å². The van der Waals surface area contributed by atoms with Crippen LogP contribution in [0.3, 0.4) is 0 Å². The Morgan fingerprint density at radius 3 is 2.52 bits per heavy atom. The number of esters is 1. The standard InChI is InChI=1S/C17H19N3O3S2/c1-4-11-6-8-12(9-7-11)14(21)19-16(24)20-17-18-10(3)13(25-17)15(22)23-5-2/h6-9H,4-5H2,1-3H3,(H2,18,19,20,21,24). The van der Waals surface area contributed by atoms with Crippen LogP contribution in [0.1, 0.15) is 45.1 Å². The molecular formula is C17H19N3O3S2. The van der Waals surface area contributed by atoms with E-state index in [1.54, 1.807) is 26.0 Å². The smallest absolute Gasteiger partial charge is 0.350 e. The first-order chi connectivity index (χ1) is 11.9. The van der Waals surface area contributed by atoms with Crippen LogP contribution in [0.4, 0.5) is 5.13 Å². The third kappa shape index (κ3) is 5.07. The lowest BCUT2D eigenvalue weighted by molar-refractivity contribution is 0.0531. The molecule has 2 aromatic rings. The molecule has 2 N–H and O–H groups in total. The van der Waals surface area contributed by atoms with Crippen molar-refractivity contribution < 1.29 is 14.3 Å². The monoisotopic (exact) mass is 377 g/mol. The number of benzene rings is 1. The van der Waals surface area contributed by atoms with E-state index in [9.17, 15) is 9.59 Å². The van der Waals surface area contributed by atoms with E-state index in [-0.39, 0.29) is 11.0 Å². The van der Waals surface area contributed by atoms with Gasteiger partial charge in [0.05, 0.1) is 12.3 Å². The maximum Gasteiger partial charge on any atom is 0.350 e. The first-order valence-electron chi connectivity index (χ1n) is 7.80. The topological polar surface area (TPSA) is 80.3 Å². The molecule has 1 aromatic carbocycles. The Kier molecular flexibility index (Phi) is 6.60. The molecule has 1 heterocycles. The number of ether oxygens (including phenoxy) is 1. The number of aryl methyl sites for hydroxylation is 2. The predicted octanol–water partition coefficient (Wildman–Crippen LogP) is 3.32. The molecule has 0 fully saturated rings. The normalized spacial score (nSPS) is 10.2. The highest BCUT2D eigenvalue weighted by molar-refractivity contribution is 7.80. The summed E-state index contributed by atoms with van der Waals surface area (Å²) in [6, 6.07) is 7.31. The van der Waals surface area contributed by atoms with Gasteiger partial charge < -0.3 is 10.1 Å². The van der Waals surface area contributed by atoms with Crippen LogP contribution >= 0.6 is 23.6 Å². The summed E-state index contributed by atoms with van der Waals surface area (Å²) in [4.78, 5) is 28.6. The number of anilines is 1. The predicted molar refractivity (Wildman–Crippen MR) is 102 cm³/mol. The molecule has 132 valence electrons. The van der Waals surface area contributed by atoms with Gasteiger partial charge in [0.1, 0.15) is 4.88 Å². The molecular weight excluding hydrogens is 358 g/mol. The number of aromatic nitrogens is 1. The van der Waals surface area contributed by atoms with Gasteiger partial charge in [0, 0.05) is 5.56 Å². The number of hydrogen-bond acceptors (Lipinski definition) is 6. The lowest BCUT2D eigenvalue weighted by atomic mass is 10.1. The van der Waals surface area contributed by atoms with Gasteiger partial charge in [0.2, 0.25) is 0 Å². The summed E-state index contributed by atoms with van der Waals surface area (Å²) in [7, 11) is 0. The molecule has 0 aliphatic heterocycles. The summed E-state index contributed by atoms with van der Waals surface area (Å²) in [5.74, 6) is -0.726. The maximum atomic E-state index is 12.2. The van der Waals surface area contributed by atoms with Gasteiger partial charge in [-0.1, -0.05) is 30.4 Å². The zero-order chi connectivity index (χ0) is 18.4. The molecule has 0 saturated carbocycles. The van der Waals surface area contributed by atoms with E-state index in [4.69, 9.17) is 17.0 Å². The van der Waals surface area contributed by atoms with Crippen LogP contribution in [-0.4, -0.2) is 28.6 Å². The van der Waals surface area contributed by atoms with Crippen LogP contribution in [0.25, 0.3) is 0 Å². The van der Waals surface area contributed by atoms with E-state index in [0.717, 1.165) is 23.3 Å². The summed E-state index contributed by atoms with van der Waals surface area (Å²) >= 11 is 6.27. The molecule has 0 aliphatic carbocycles. The molecule has 0 unspecified atom stereocenters. The van der Waals surface area contributed by atoms with Gasteiger partial charge in [-0.05, 0) is 50.2 Å². The van der Waals surface area contributed by atoms with Gasteiger partial charge in [-0.3, -0.25) is 10.1 Å². The summed E-state index contributed by atoms with van der Waals surface area (Å²) in [6.07, 6.45) is 0.911. The molecule has 0 spiro atoms. The number of hydrogen-bond donors (Lipinski definition) is 2. The van der Waals surface area contributed by atoms with Crippen LogP contribution < -0.4 is 10.6 Å². The molecule has 0 radical (unpaired) electrons. The minimum Gasteiger partial charge on any atom is -0.462 e. The highest BCUT2D eigenvalue weighted by Crippen LogP contribution is 2.23. The molecule has 0 aliphatic rings. The number of thiazole rings is 1.